The topological polar surface area (TPSA) is 56.2 Å². The minimum atomic E-state index is -0.0628. The number of hydrogen-bond acceptors (Lipinski definition) is 3. The zero-order chi connectivity index (χ0) is 17.1. The van der Waals surface area contributed by atoms with Crippen molar-refractivity contribution in [1.82, 2.24) is 14.9 Å². The second-order valence-electron chi connectivity index (χ2n) is 6.11. The summed E-state index contributed by atoms with van der Waals surface area (Å²) in [4.78, 5) is 16.6. The van der Waals surface area contributed by atoms with Gasteiger partial charge in [-0.15, -0.1) is 0 Å². The number of carbonyl (C=O) groups excluding carboxylic acids is 1. The summed E-state index contributed by atoms with van der Waals surface area (Å²) in [6, 6.07) is 13.7. The van der Waals surface area contributed by atoms with Crippen LogP contribution >= 0.6 is 0 Å². The van der Waals surface area contributed by atoms with Gasteiger partial charge in [-0.2, -0.15) is 0 Å². The van der Waals surface area contributed by atoms with Gasteiger partial charge in [0.25, 0.3) is 5.91 Å². The lowest BCUT2D eigenvalue weighted by atomic mass is 10.1. The number of amides is 1. The minimum Gasteiger partial charge on any atom is -0.493 e. The van der Waals surface area contributed by atoms with Crippen molar-refractivity contribution in [3.8, 4) is 5.75 Å². The van der Waals surface area contributed by atoms with Crippen molar-refractivity contribution in [2.75, 3.05) is 6.61 Å². The van der Waals surface area contributed by atoms with Crippen molar-refractivity contribution in [2.24, 2.45) is 0 Å². The van der Waals surface area contributed by atoms with Gasteiger partial charge in [-0.1, -0.05) is 24.3 Å². The van der Waals surface area contributed by atoms with Crippen molar-refractivity contribution >= 4 is 5.91 Å². The second kappa shape index (κ2) is 6.81. The van der Waals surface area contributed by atoms with Crippen LogP contribution in [-0.2, 0) is 19.5 Å². The number of fused-ring (bicyclic) bond motifs is 1. The molecule has 1 aliphatic rings. The molecule has 25 heavy (non-hydrogen) atoms. The van der Waals surface area contributed by atoms with Crippen LogP contribution in [0, 0.1) is 0 Å². The van der Waals surface area contributed by atoms with Gasteiger partial charge in [0.2, 0.25) is 0 Å². The Morgan fingerprint density at radius 2 is 2.08 bits per heavy atom. The first-order valence-electron chi connectivity index (χ1n) is 8.36. The molecule has 2 aromatic carbocycles. The van der Waals surface area contributed by atoms with Gasteiger partial charge in [-0.25, -0.2) is 4.98 Å². The summed E-state index contributed by atoms with van der Waals surface area (Å²) < 4.78 is 7.50. The highest BCUT2D eigenvalue weighted by atomic mass is 16.5. The summed E-state index contributed by atoms with van der Waals surface area (Å²) in [6.45, 7) is 1.93. The average Bonchev–Trinajstić information content (AvgIpc) is 3.31. The van der Waals surface area contributed by atoms with Crippen molar-refractivity contribution in [1.29, 1.82) is 0 Å². The SMILES string of the molecule is O=C(NCc1ccccc1Cn1ccnc1)c1ccc2c(c1)CCO2. The van der Waals surface area contributed by atoms with E-state index in [0.717, 1.165) is 29.8 Å². The van der Waals surface area contributed by atoms with Gasteiger partial charge in [0.05, 0.1) is 12.9 Å². The van der Waals surface area contributed by atoms with Crippen LogP contribution in [0.15, 0.2) is 61.2 Å². The summed E-state index contributed by atoms with van der Waals surface area (Å²) in [5.41, 5.74) is 4.06. The Morgan fingerprint density at radius 1 is 1.20 bits per heavy atom. The molecule has 2 heterocycles. The zero-order valence-corrected chi connectivity index (χ0v) is 13.8. The van der Waals surface area contributed by atoms with Crippen LogP contribution in [0.2, 0.25) is 0 Å². The van der Waals surface area contributed by atoms with Crippen molar-refractivity contribution in [2.45, 2.75) is 19.5 Å². The molecular formula is C20H19N3O2. The molecule has 0 aliphatic carbocycles. The first-order chi connectivity index (χ1) is 12.3. The smallest absolute Gasteiger partial charge is 0.251 e. The predicted molar refractivity (Wildman–Crippen MR) is 94.6 cm³/mol. The van der Waals surface area contributed by atoms with Crippen LogP contribution in [0.1, 0.15) is 27.0 Å². The molecule has 1 aliphatic heterocycles. The Morgan fingerprint density at radius 3 is 2.92 bits per heavy atom. The summed E-state index contributed by atoms with van der Waals surface area (Å²) in [5, 5.41) is 3.02. The lowest BCUT2D eigenvalue weighted by Crippen LogP contribution is -2.23. The van der Waals surface area contributed by atoms with Gasteiger partial charge in [0.1, 0.15) is 5.75 Å². The van der Waals surface area contributed by atoms with E-state index in [2.05, 4.69) is 16.4 Å². The fourth-order valence-corrected chi connectivity index (χ4v) is 3.07. The van der Waals surface area contributed by atoms with E-state index in [1.165, 1.54) is 5.56 Å². The molecule has 0 saturated carbocycles. The molecule has 0 atom stereocenters. The molecule has 0 radical (unpaired) electrons. The molecule has 0 unspecified atom stereocenters. The summed E-state index contributed by atoms with van der Waals surface area (Å²) >= 11 is 0. The molecule has 3 aromatic rings. The highest BCUT2D eigenvalue weighted by molar-refractivity contribution is 5.94. The summed E-state index contributed by atoms with van der Waals surface area (Å²) in [7, 11) is 0. The van der Waals surface area contributed by atoms with Crippen molar-refractivity contribution in [3.05, 3.63) is 83.4 Å². The number of nitrogens with zero attached hydrogens (tertiary/aromatic N) is 2. The standard InChI is InChI=1S/C20H19N3O2/c24-20(16-5-6-19-15(11-16)7-10-25-19)22-12-17-3-1-2-4-18(17)13-23-9-8-21-14-23/h1-6,8-9,11,14H,7,10,12-13H2,(H,22,24). The average molecular weight is 333 g/mol. The Balaban J connectivity index is 1.45. The zero-order valence-electron chi connectivity index (χ0n) is 13.8. The number of carbonyl (C=O) groups is 1. The van der Waals surface area contributed by atoms with Crippen molar-refractivity contribution in [3.63, 3.8) is 0 Å². The van der Waals surface area contributed by atoms with Gasteiger partial charge in [0, 0.05) is 37.5 Å². The molecule has 0 saturated heterocycles. The third-order valence-electron chi connectivity index (χ3n) is 4.42. The third kappa shape index (κ3) is 3.40. The normalized spacial score (nSPS) is 12.5. The Labute approximate surface area is 146 Å². The quantitative estimate of drug-likeness (QED) is 0.781. The predicted octanol–water partition coefficient (Wildman–Crippen LogP) is 2.80. The molecule has 0 fully saturated rings. The second-order valence-corrected chi connectivity index (χ2v) is 6.11. The maximum Gasteiger partial charge on any atom is 0.251 e. The van der Waals surface area contributed by atoms with E-state index in [-0.39, 0.29) is 5.91 Å². The van der Waals surface area contributed by atoms with E-state index in [1.807, 2.05) is 47.2 Å². The van der Waals surface area contributed by atoms with Crippen molar-refractivity contribution < 1.29 is 9.53 Å². The minimum absolute atomic E-state index is 0.0628. The monoisotopic (exact) mass is 333 g/mol. The molecule has 1 amide bonds. The highest BCUT2D eigenvalue weighted by Crippen LogP contribution is 2.25. The van der Waals surface area contributed by atoms with Gasteiger partial charge in [-0.05, 0) is 34.9 Å². The number of rotatable bonds is 5. The molecule has 0 spiro atoms. The molecule has 5 nitrogen and oxygen atoms in total. The molecule has 1 aromatic heterocycles. The first kappa shape index (κ1) is 15.4. The van der Waals surface area contributed by atoms with Gasteiger partial charge in [0.15, 0.2) is 0 Å². The number of nitrogens with one attached hydrogen (secondary N) is 1. The Bertz CT molecular complexity index is 888. The lowest BCUT2D eigenvalue weighted by Gasteiger charge is -2.12. The van der Waals surface area contributed by atoms with Gasteiger partial charge in [-0.3, -0.25) is 4.79 Å². The molecule has 5 heteroatoms. The molecular weight excluding hydrogens is 314 g/mol. The third-order valence-corrected chi connectivity index (χ3v) is 4.42. The number of aromatic nitrogens is 2. The van der Waals surface area contributed by atoms with Crippen LogP contribution in [-0.4, -0.2) is 22.1 Å². The maximum absolute atomic E-state index is 12.5. The number of benzene rings is 2. The molecule has 1 N–H and O–H groups in total. The van der Waals surface area contributed by atoms with Gasteiger partial charge < -0.3 is 14.6 Å². The molecule has 4 rings (SSSR count). The Kier molecular flexibility index (Phi) is 4.21. The first-order valence-corrected chi connectivity index (χ1v) is 8.36. The van der Waals surface area contributed by atoms with Crippen LogP contribution in [0.5, 0.6) is 5.75 Å². The van der Waals surface area contributed by atoms with Crippen LogP contribution in [0.4, 0.5) is 0 Å². The van der Waals surface area contributed by atoms with E-state index in [1.54, 1.807) is 12.5 Å². The largest absolute Gasteiger partial charge is 0.493 e. The lowest BCUT2D eigenvalue weighted by molar-refractivity contribution is 0.0950. The molecule has 126 valence electrons. The fourth-order valence-electron chi connectivity index (χ4n) is 3.07. The number of imidazole rings is 1. The van der Waals surface area contributed by atoms with E-state index < -0.39 is 0 Å². The summed E-state index contributed by atoms with van der Waals surface area (Å²) in [5.74, 6) is 0.828. The highest BCUT2D eigenvalue weighted by Gasteiger charge is 2.15. The van der Waals surface area contributed by atoms with Crippen LogP contribution in [0.25, 0.3) is 0 Å². The van der Waals surface area contributed by atoms with Gasteiger partial charge >= 0.3 is 0 Å². The van der Waals surface area contributed by atoms with E-state index in [9.17, 15) is 4.79 Å². The van der Waals surface area contributed by atoms with E-state index in [4.69, 9.17) is 4.74 Å². The molecule has 0 bridgehead atoms. The maximum atomic E-state index is 12.5. The van der Waals surface area contributed by atoms with E-state index in [0.29, 0.717) is 18.7 Å². The number of ether oxygens (including phenoxy) is 1. The fraction of sp³-hybridized carbons (Fsp3) is 0.200. The Hall–Kier alpha value is -3.08. The number of hydrogen-bond donors (Lipinski definition) is 1. The van der Waals surface area contributed by atoms with Crippen LogP contribution < -0.4 is 10.1 Å². The summed E-state index contributed by atoms with van der Waals surface area (Å²) in [6.07, 6.45) is 6.36. The van der Waals surface area contributed by atoms with Crippen LogP contribution in [0.3, 0.4) is 0 Å². The van der Waals surface area contributed by atoms with E-state index >= 15 is 0 Å².